The molecule has 1 radical (unpaired) electrons. The Morgan fingerprint density at radius 2 is 2.00 bits per heavy atom. The summed E-state index contributed by atoms with van der Waals surface area (Å²) in [6, 6.07) is 11.9. The van der Waals surface area contributed by atoms with Crippen LogP contribution in [0, 0.1) is 12.3 Å². The van der Waals surface area contributed by atoms with Gasteiger partial charge in [-0.05, 0) is 22.9 Å². The molecule has 2 rings (SSSR count). The first-order valence-corrected chi connectivity index (χ1v) is 4.48. The molecule has 0 aliphatic heterocycles. The second kappa shape index (κ2) is 5.42. The average molecular weight is 269 g/mol. The molecule has 2 heteroatoms. The molecule has 0 spiro atoms. The Morgan fingerprint density at radius 3 is 2.67 bits per heavy atom. The van der Waals surface area contributed by atoms with Crippen molar-refractivity contribution in [1.82, 2.24) is 0 Å². The Bertz CT molecular complexity index is 511. The molecule has 1 N–H and O–H groups in total. The van der Waals surface area contributed by atoms with Gasteiger partial charge in [0.1, 0.15) is 0 Å². The molecule has 15 heavy (non-hydrogen) atoms. The summed E-state index contributed by atoms with van der Waals surface area (Å²) < 4.78 is 0. The van der Waals surface area contributed by atoms with Gasteiger partial charge in [0, 0.05) is 38.3 Å². The quantitative estimate of drug-likeness (QED) is 0.709. The minimum absolute atomic E-state index is 0. The summed E-state index contributed by atoms with van der Waals surface area (Å²) in [6.45, 7) is 0.297. The largest absolute Gasteiger partial charge is 0.674 e. The van der Waals surface area contributed by atoms with Crippen molar-refractivity contribution in [3.05, 3.63) is 53.3 Å². The molecule has 0 atom stereocenters. The van der Waals surface area contributed by atoms with Gasteiger partial charge in [-0.3, -0.25) is 0 Å². The van der Waals surface area contributed by atoms with E-state index in [0.717, 1.165) is 21.9 Å². The summed E-state index contributed by atoms with van der Waals surface area (Å²) in [5.74, 6) is 2.61. The van der Waals surface area contributed by atoms with E-state index < -0.39 is 0 Å². The zero-order valence-electron chi connectivity index (χ0n) is 8.33. The Kier molecular flexibility index (Phi) is 4.48. The van der Waals surface area contributed by atoms with E-state index in [1.54, 1.807) is 0 Å². The predicted octanol–water partition coefficient (Wildman–Crippen LogP) is 3.37. The van der Waals surface area contributed by atoms with E-state index in [-0.39, 0.29) is 32.7 Å². The monoisotopic (exact) mass is 269 g/mol. The number of hydrogen-bond donors (Lipinski definition) is 0. The third kappa shape index (κ3) is 2.47. The number of rotatable bonds is 1. The molecule has 0 aliphatic carbocycles. The second-order valence-corrected chi connectivity index (χ2v) is 3.17. The van der Waals surface area contributed by atoms with Crippen LogP contribution < -0.4 is 0 Å². The third-order valence-electron chi connectivity index (χ3n) is 2.33. The summed E-state index contributed by atoms with van der Waals surface area (Å²) in [6.07, 6.45) is 5.34. The van der Waals surface area contributed by atoms with Gasteiger partial charge >= 0.3 is 0 Å². The average Bonchev–Trinajstić information content (AvgIpc) is 2.27. The van der Waals surface area contributed by atoms with Crippen LogP contribution in [0.4, 0.5) is 0 Å². The maximum atomic E-state index is 7.40. The Morgan fingerprint density at radius 1 is 1.20 bits per heavy atom. The molecule has 71 valence electrons. The first kappa shape index (κ1) is 12.4. The molecule has 0 unspecified atom stereocenters. The van der Waals surface area contributed by atoms with E-state index in [1.807, 2.05) is 36.4 Å². The van der Waals surface area contributed by atoms with Crippen LogP contribution >= 0.6 is 0 Å². The molecule has 0 heterocycles. The Hall–Kier alpha value is -0.676. The Labute approximate surface area is 115 Å². The zero-order valence-corrected chi connectivity index (χ0v) is 11.2. The molecular formula is C13H10NY-. The molecule has 0 bridgehead atoms. The molecule has 0 fully saturated rings. The van der Waals surface area contributed by atoms with Crippen molar-refractivity contribution < 1.29 is 32.7 Å². The number of hydrogen-bond acceptors (Lipinski definition) is 0. The summed E-state index contributed by atoms with van der Waals surface area (Å²) in [4.78, 5) is 0. The van der Waals surface area contributed by atoms with Gasteiger partial charge in [0.25, 0.3) is 0 Å². The molecule has 0 aromatic heterocycles. The standard InChI is InChI=1S/C13H10N.Y/c1-2-10-6-7-11-4-3-5-12(9-14)13(11)8-10;/h1,3-8,14H,9H2;/q-1;. The summed E-state index contributed by atoms with van der Waals surface area (Å²) in [5, 5.41) is 2.24. The SMILES string of the molecule is C#Cc1ccc2cccc(C[NH-])c2c1.[Y]. The predicted molar refractivity (Wildman–Crippen MR) is 59.9 cm³/mol. The van der Waals surface area contributed by atoms with Crippen LogP contribution in [0.5, 0.6) is 0 Å². The van der Waals surface area contributed by atoms with Crippen LogP contribution in [0.1, 0.15) is 11.1 Å². The van der Waals surface area contributed by atoms with Crippen molar-refractivity contribution in [2.24, 2.45) is 0 Å². The minimum atomic E-state index is 0. The van der Waals surface area contributed by atoms with Gasteiger partial charge in [-0.2, -0.15) is 0 Å². The van der Waals surface area contributed by atoms with E-state index >= 15 is 0 Å². The van der Waals surface area contributed by atoms with Gasteiger partial charge in [0.05, 0.1) is 0 Å². The minimum Gasteiger partial charge on any atom is -0.674 e. The normalized spacial score (nSPS) is 9.33. The topological polar surface area (TPSA) is 23.8 Å². The molecule has 0 aliphatic rings. The van der Waals surface area contributed by atoms with Crippen LogP contribution in [-0.2, 0) is 39.3 Å². The first-order chi connectivity index (χ1) is 6.85. The first-order valence-electron chi connectivity index (χ1n) is 4.48. The van der Waals surface area contributed by atoms with Gasteiger partial charge in [0.15, 0.2) is 0 Å². The van der Waals surface area contributed by atoms with Crippen molar-refractivity contribution >= 4 is 10.8 Å². The maximum absolute atomic E-state index is 7.40. The van der Waals surface area contributed by atoms with E-state index in [9.17, 15) is 0 Å². The fourth-order valence-electron chi connectivity index (χ4n) is 1.58. The van der Waals surface area contributed by atoms with Crippen LogP contribution in [0.25, 0.3) is 16.5 Å². The summed E-state index contributed by atoms with van der Waals surface area (Å²) >= 11 is 0. The van der Waals surface area contributed by atoms with E-state index in [1.165, 1.54) is 0 Å². The van der Waals surface area contributed by atoms with Crippen molar-refractivity contribution in [3.8, 4) is 12.3 Å². The van der Waals surface area contributed by atoms with Crippen molar-refractivity contribution in [3.63, 3.8) is 0 Å². The van der Waals surface area contributed by atoms with Crippen molar-refractivity contribution in [2.75, 3.05) is 0 Å². The number of benzene rings is 2. The van der Waals surface area contributed by atoms with Crippen molar-refractivity contribution in [1.29, 1.82) is 0 Å². The van der Waals surface area contributed by atoms with Crippen LogP contribution in [0.2, 0.25) is 0 Å². The molecule has 2 aromatic carbocycles. The third-order valence-corrected chi connectivity index (χ3v) is 2.33. The summed E-state index contributed by atoms with van der Waals surface area (Å²) in [7, 11) is 0. The van der Waals surface area contributed by atoms with Crippen LogP contribution in [0.15, 0.2) is 36.4 Å². The molecule has 1 nitrogen and oxygen atoms in total. The maximum Gasteiger partial charge on any atom is 0.0249 e. The van der Waals surface area contributed by atoms with E-state index in [4.69, 9.17) is 12.2 Å². The number of nitrogens with one attached hydrogen (secondary N) is 1. The molecule has 0 amide bonds. The molecular weight excluding hydrogens is 259 g/mol. The van der Waals surface area contributed by atoms with Gasteiger partial charge in [-0.1, -0.05) is 35.7 Å². The van der Waals surface area contributed by atoms with E-state index in [2.05, 4.69) is 5.92 Å². The molecule has 0 saturated heterocycles. The second-order valence-electron chi connectivity index (χ2n) is 3.17. The van der Waals surface area contributed by atoms with E-state index in [0.29, 0.717) is 6.54 Å². The van der Waals surface area contributed by atoms with Crippen LogP contribution in [0.3, 0.4) is 0 Å². The summed E-state index contributed by atoms with van der Waals surface area (Å²) in [5.41, 5.74) is 9.30. The van der Waals surface area contributed by atoms with Gasteiger partial charge in [-0.25, -0.2) is 0 Å². The van der Waals surface area contributed by atoms with Crippen LogP contribution in [-0.4, -0.2) is 0 Å². The Balaban J connectivity index is 0.00000112. The van der Waals surface area contributed by atoms with Gasteiger partial charge < -0.3 is 5.73 Å². The number of fused-ring (bicyclic) bond motifs is 1. The fourth-order valence-corrected chi connectivity index (χ4v) is 1.58. The number of terminal acetylenes is 1. The molecule has 0 saturated carbocycles. The zero-order chi connectivity index (χ0) is 9.97. The smallest absolute Gasteiger partial charge is 0.0249 e. The van der Waals surface area contributed by atoms with Gasteiger partial charge in [-0.15, -0.1) is 13.0 Å². The van der Waals surface area contributed by atoms with Gasteiger partial charge in [0.2, 0.25) is 0 Å². The van der Waals surface area contributed by atoms with Crippen molar-refractivity contribution in [2.45, 2.75) is 6.54 Å². The fraction of sp³-hybridized carbons (Fsp3) is 0.0769. The molecule has 2 aromatic rings.